The molecule has 0 amide bonds. The van der Waals surface area contributed by atoms with Crippen molar-refractivity contribution < 1.29 is 0 Å². The Hall–Kier alpha value is -1.30. The van der Waals surface area contributed by atoms with E-state index in [-0.39, 0.29) is 0 Å². The molecule has 0 spiro atoms. The molecule has 0 atom stereocenters. The molecule has 1 rings (SSSR count). The Balaban J connectivity index is 2.53. The van der Waals surface area contributed by atoms with Crippen LogP contribution in [0.1, 0.15) is 11.1 Å². The fourth-order valence-electron chi connectivity index (χ4n) is 1.49. The van der Waals surface area contributed by atoms with Crippen LogP contribution in [0, 0.1) is 12.3 Å². The summed E-state index contributed by atoms with van der Waals surface area (Å²) in [5.41, 5.74) is 2.61. The van der Waals surface area contributed by atoms with Crippen molar-refractivity contribution in [1.29, 1.82) is 0 Å². The summed E-state index contributed by atoms with van der Waals surface area (Å²) in [5.74, 6) is 2.64. The van der Waals surface area contributed by atoms with Crippen molar-refractivity contribution >= 4 is 0 Å². The van der Waals surface area contributed by atoms with E-state index < -0.39 is 0 Å². The van der Waals surface area contributed by atoms with Gasteiger partial charge >= 0.3 is 0 Å². The van der Waals surface area contributed by atoms with Crippen LogP contribution in [0.3, 0.4) is 0 Å². The van der Waals surface area contributed by atoms with E-state index in [0.717, 1.165) is 13.1 Å². The first-order valence-corrected chi connectivity index (χ1v) is 5.10. The average Bonchev–Trinajstić information content (AvgIpc) is 2.22. The SMILES string of the molecule is C#CCN(C)Cc1ccc(CNC)cc1. The highest BCUT2D eigenvalue weighted by Crippen LogP contribution is 2.06. The van der Waals surface area contributed by atoms with Gasteiger partial charge in [-0.25, -0.2) is 0 Å². The second kappa shape index (κ2) is 6.23. The van der Waals surface area contributed by atoms with Gasteiger partial charge in [-0.1, -0.05) is 30.2 Å². The van der Waals surface area contributed by atoms with Crippen LogP contribution in [0.15, 0.2) is 24.3 Å². The molecule has 0 saturated carbocycles. The number of hydrogen-bond donors (Lipinski definition) is 1. The number of benzene rings is 1. The summed E-state index contributed by atoms with van der Waals surface area (Å²) in [7, 11) is 3.98. The molecule has 0 bridgehead atoms. The van der Waals surface area contributed by atoms with E-state index in [1.54, 1.807) is 0 Å². The molecule has 1 N–H and O–H groups in total. The summed E-state index contributed by atoms with van der Waals surface area (Å²) < 4.78 is 0. The molecule has 0 saturated heterocycles. The third-order valence-electron chi connectivity index (χ3n) is 2.22. The summed E-state index contributed by atoms with van der Waals surface area (Å²) in [6, 6.07) is 8.60. The second-order valence-corrected chi connectivity index (χ2v) is 3.72. The highest BCUT2D eigenvalue weighted by molar-refractivity contribution is 5.22. The van der Waals surface area contributed by atoms with Crippen LogP contribution in [-0.2, 0) is 13.1 Å². The highest BCUT2D eigenvalue weighted by Gasteiger charge is 1.98. The van der Waals surface area contributed by atoms with Crippen LogP contribution in [0.2, 0.25) is 0 Å². The first-order valence-electron chi connectivity index (χ1n) is 5.10. The largest absolute Gasteiger partial charge is 0.316 e. The lowest BCUT2D eigenvalue weighted by Crippen LogP contribution is -2.17. The van der Waals surface area contributed by atoms with Gasteiger partial charge in [-0.05, 0) is 25.2 Å². The van der Waals surface area contributed by atoms with E-state index in [4.69, 9.17) is 6.42 Å². The quantitative estimate of drug-likeness (QED) is 0.727. The van der Waals surface area contributed by atoms with E-state index in [9.17, 15) is 0 Å². The van der Waals surface area contributed by atoms with Crippen molar-refractivity contribution in [1.82, 2.24) is 10.2 Å². The van der Waals surface area contributed by atoms with Gasteiger partial charge in [0.05, 0.1) is 6.54 Å². The Morgan fingerprint density at radius 1 is 1.27 bits per heavy atom. The first kappa shape index (κ1) is 11.8. The molecule has 0 aliphatic rings. The van der Waals surface area contributed by atoms with E-state index in [2.05, 4.69) is 40.4 Å². The van der Waals surface area contributed by atoms with Crippen molar-refractivity contribution in [2.45, 2.75) is 13.1 Å². The second-order valence-electron chi connectivity index (χ2n) is 3.72. The zero-order valence-electron chi connectivity index (χ0n) is 9.46. The topological polar surface area (TPSA) is 15.3 Å². The fraction of sp³-hybridized carbons (Fsp3) is 0.385. The lowest BCUT2D eigenvalue weighted by atomic mass is 10.1. The molecule has 1 aromatic rings. The van der Waals surface area contributed by atoms with E-state index in [0.29, 0.717) is 6.54 Å². The molecule has 15 heavy (non-hydrogen) atoms. The molecule has 0 fully saturated rings. The molecule has 0 unspecified atom stereocenters. The van der Waals surface area contributed by atoms with Crippen LogP contribution in [0.25, 0.3) is 0 Å². The molecule has 0 radical (unpaired) electrons. The van der Waals surface area contributed by atoms with Gasteiger partial charge < -0.3 is 5.32 Å². The summed E-state index contributed by atoms with van der Waals surface area (Å²) in [6.07, 6.45) is 5.25. The van der Waals surface area contributed by atoms with Crippen molar-refractivity contribution in [2.75, 3.05) is 20.6 Å². The molecule has 2 nitrogen and oxygen atoms in total. The van der Waals surface area contributed by atoms with Crippen LogP contribution >= 0.6 is 0 Å². The van der Waals surface area contributed by atoms with Crippen molar-refractivity contribution in [3.05, 3.63) is 35.4 Å². The van der Waals surface area contributed by atoms with Gasteiger partial charge in [0.25, 0.3) is 0 Å². The number of hydrogen-bond acceptors (Lipinski definition) is 2. The number of nitrogens with zero attached hydrogens (tertiary/aromatic N) is 1. The average molecular weight is 202 g/mol. The van der Waals surface area contributed by atoms with Crippen LogP contribution in [0.4, 0.5) is 0 Å². The predicted octanol–water partition coefficient (Wildman–Crippen LogP) is 1.47. The third-order valence-corrected chi connectivity index (χ3v) is 2.22. The van der Waals surface area contributed by atoms with E-state index in [1.165, 1.54) is 11.1 Å². The maximum atomic E-state index is 5.25. The normalized spacial score (nSPS) is 10.3. The fourth-order valence-corrected chi connectivity index (χ4v) is 1.49. The number of terminal acetylenes is 1. The summed E-state index contributed by atoms with van der Waals surface area (Å²) in [5, 5.41) is 3.13. The Morgan fingerprint density at radius 3 is 2.40 bits per heavy atom. The van der Waals surface area contributed by atoms with Crippen molar-refractivity contribution in [3.8, 4) is 12.3 Å². The number of rotatable bonds is 5. The van der Waals surface area contributed by atoms with Crippen molar-refractivity contribution in [2.24, 2.45) is 0 Å². The van der Waals surface area contributed by atoms with Crippen LogP contribution in [-0.4, -0.2) is 25.5 Å². The number of nitrogens with one attached hydrogen (secondary N) is 1. The Bertz CT molecular complexity index is 321. The summed E-state index contributed by atoms with van der Waals surface area (Å²) >= 11 is 0. The monoisotopic (exact) mass is 202 g/mol. The molecule has 0 aliphatic heterocycles. The Morgan fingerprint density at radius 2 is 1.87 bits per heavy atom. The van der Waals surface area contributed by atoms with Gasteiger partial charge in [-0.15, -0.1) is 6.42 Å². The van der Waals surface area contributed by atoms with Crippen molar-refractivity contribution in [3.63, 3.8) is 0 Å². The summed E-state index contributed by atoms with van der Waals surface area (Å²) in [6.45, 7) is 2.52. The van der Waals surface area contributed by atoms with Gasteiger partial charge in [-0.3, -0.25) is 4.90 Å². The van der Waals surface area contributed by atoms with Gasteiger partial charge in [0.2, 0.25) is 0 Å². The van der Waals surface area contributed by atoms with Gasteiger partial charge in [0, 0.05) is 13.1 Å². The maximum Gasteiger partial charge on any atom is 0.0599 e. The van der Waals surface area contributed by atoms with Gasteiger partial charge in [0.1, 0.15) is 0 Å². The summed E-state index contributed by atoms with van der Waals surface area (Å²) in [4.78, 5) is 2.12. The molecule has 0 aromatic heterocycles. The highest BCUT2D eigenvalue weighted by atomic mass is 15.1. The molecular formula is C13H18N2. The van der Waals surface area contributed by atoms with Gasteiger partial charge in [0.15, 0.2) is 0 Å². The minimum Gasteiger partial charge on any atom is -0.316 e. The van der Waals surface area contributed by atoms with Gasteiger partial charge in [-0.2, -0.15) is 0 Å². The maximum absolute atomic E-state index is 5.25. The molecule has 1 aromatic carbocycles. The molecule has 80 valence electrons. The lowest BCUT2D eigenvalue weighted by Gasteiger charge is -2.13. The predicted molar refractivity (Wildman–Crippen MR) is 64.4 cm³/mol. The molecular weight excluding hydrogens is 184 g/mol. The minimum absolute atomic E-state index is 0.693. The lowest BCUT2D eigenvalue weighted by molar-refractivity contribution is 0.369. The van der Waals surface area contributed by atoms with Crippen LogP contribution in [0.5, 0.6) is 0 Å². The molecule has 0 heterocycles. The standard InChI is InChI=1S/C13H18N2/c1-4-9-15(3)11-13-7-5-12(6-8-13)10-14-2/h1,5-8,14H,9-11H2,2-3H3. The smallest absolute Gasteiger partial charge is 0.0599 e. The first-order chi connectivity index (χ1) is 7.26. The van der Waals surface area contributed by atoms with Crippen LogP contribution < -0.4 is 5.32 Å². The zero-order valence-corrected chi connectivity index (χ0v) is 9.46. The third kappa shape index (κ3) is 4.16. The van der Waals surface area contributed by atoms with E-state index in [1.807, 2.05) is 14.1 Å². The zero-order chi connectivity index (χ0) is 11.1. The Labute approximate surface area is 92.3 Å². The van der Waals surface area contributed by atoms with E-state index >= 15 is 0 Å². The molecule has 0 aliphatic carbocycles. The molecule has 2 heteroatoms. The Kier molecular flexibility index (Phi) is 4.89. The minimum atomic E-state index is 0.693.